The number of hydrogen-bond acceptors (Lipinski definition) is 8. The lowest BCUT2D eigenvalue weighted by atomic mass is 9.43. The predicted octanol–water partition coefficient (Wildman–Crippen LogP) is 6.38. The molecule has 0 radical (unpaired) electrons. The zero-order valence-corrected chi connectivity index (χ0v) is 25.2. The van der Waals surface area contributed by atoms with Gasteiger partial charge in [-0.2, -0.15) is 0 Å². The number of carbonyl (C=O) groups excluding carboxylic acids is 2. The zero-order chi connectivity index (χ0) is 28.8. The van der Waals surface area contributed by atoms with E-state index in [0.717, 1.165) is 19.3 Å². The molecule has 2 bridgehead atoms. The largest absolute Gasteiger partial charge is 0.514 e. The first-order chi connectivity index (χ1) is 18.2. The van der Waals surface area contributed by atoms with Crippen LogP contribution in [0.2, 0.25) is 0 Å². The first kappa shape index (κ1) is 30.0. The van der Waals surface area contributed by atoms with Crippen molar-refractivity contribution in [1.82, 2.24) is 0 Å². The SMILES string of the molecule is CCCCOC(=O)c1c(OC)ccc(C[C@@H](Cl)B2OC3C[C@@H]4C[C@@H](C4(C)C)[C@]3(C)O2)c1OC(=O)OC(C)(C)C. The van der Waals surface area contributed by atoms with Crippen LogP contribution in [-0.2, 0) is 25.2 Å². The average molecular weight is 565 g/mol. The highest BCUT2D eigenvalue weighted by Gasteiger charge is 2.68. The molecule has 5 rings (SSSR count). The Morgan fingerprint density at radius 2 is 1.92 bits per heavy atom. The van der Waals surface area contributed by atoms with E-state index in [9.17, 15) is 9.59 Å². The minimum absolute atomic E-state index is 0.000707. The van der Waals surface area contributed by atoms with E-state index in [4.69, 9.17) is 39.9 Å². The summed E-state index contributed by atoms with van der Waals surface area (Å²) in [5, 5.41) is -0.605. The summed E-state index contributed by atoms with van der Waals surface area (Å²) in [4.78, 5) is 25.9. The van der Waals surface area contributed by atoms with Crippen molar-refractivity contribution in [1.29, 1.82) is 0 Å². The zero-order valence-electron chi connectivity index (χ0n) is 24.4. The molecule has 5 atom stereocenters. The Kier molecular flexibility index (Phi) is 8.56. The maximum absolute atomic E-state index is 13.2. The number of hydrogen-bond donors (Lipinski definition) is 0. The van der Waals surface area contributed by atoms with E-state index in [1.165, 1.54) is 7.11 Å². The minimum atomic E-state index is -0.945. The van der Waals surface area contributed by atoms with Crippen molar-refractivity contribution in [2.45, 2.75) is 103 Å². The average Bonchev–Trinajstić information content (AvgIpc) is 3.21. The Labute approximate surface area is 237 Å². The molecule has 8 nitrogen and oxygen atoms in total. The highest BCUT2D eigenvalue weighted by atomic mass is 35.5. The molecule has 1 heterocycles. The summed E-state index contributed by atoms with van der Waals surface area (Å²) in [6.45, 7) is 14.2. The maximum Gasteiger partial charge on any atom is 0.514 e. The van der Waals surface area contributed by atoms with Crippen LogP contribution in [0.25, 0.3) is 0 Å². The molecule has 4 aliphatic rings. The van der Waals surface area contributed by atoms with Gasteiger partial charge in [-0.05, 0) is 82.3 Å². The van der Waals surface area contributed by atoms with Gasteiger partial charge in [-0.25, -0.2) is 9.59 Å². The second-order valence-electron chi connectivity index (χ2n) is 12.7. The Morgan fingerprint density at radius 3 is 2.54 bits per heavy atom. The van der Waals surface area contributed by atoms with Gasteiger partial charge in [0.25, 0.3) is 0 Å². The van der Waals surface area contributed by atoms with Gasteiger partial charge in [-0.3, -0.25) is 0 Å². The lowest BCUT2D eigenvalue weighted by Crippen LogP contribution is -2.65. The van der Waals surface area contributed by atoms with Crippen molar-refractivity contribution in [3.8, 4) is 11.5 Å². The minimum Gasteiger partial charge on any atom is -0.496 e. The summed E-state index contributed by atoms with van der Waals surface area (Å²) in [5.41, 5.74) is -0.459. The van der Waals surface area contributed by atoms with E-state index in [1.807, 2.05) is 6.92 Å². The van der Waals surface area contributed by atoms with Gasteiger partial charge in [0, 0.05) is 0 Å². The van der Waals surface area contributed by atoms with Crippen LogP contribution in [0.4, 0.5) is 4.79 Å². The number of benzene rings is 1. The topological polar surface area (TPSA) is 89.5 Å². The number of alkyl halides is 1. The number of unbranched alkanes of at least 4 members (excludes halogenated alkanes) is 1. The van der Waals surface area contributed by atoms with Crippen LogP contribution in [0.15, 0.2) is 12.1 Å². The van der Waals surface area contributed by atoms with Gasteiger partial charge >= 0.3 is 19.2 Å². The van der Waals surface area contributed by atoms with Crippen molar-refractivity contribution in [3.05, 3.63) is 23.3 Å². The van der Waals surface area contributed by atoms with Crippen LogP contribution in [0.5, 0.6) is 11.5 Å². The summed E-state index contributed by atoms with van der Waals surface area (Å²) in [6.07, 6.45) is 2.90. The third-order valence-electron chi connectivity index (χ3n) is 8.61. The van der Waals surface area contributed by atoms with E-state index in [2.05, 4.69) is 20.8 Å². The molecule has 0 aromatic heterocycles. The Balaban J connectivity index is 1.61. The van der Waals surface area contributed by atoms with Crippen LogP contribution in [0.3, 0.4) is 0 Å². The molecule has 3 aliphatic carbocycles. The fourth-order valence-electron chi connectivity index (χ4n) is 6.34. The smallest absolute Gasteiger partial charge is 0.496 e. The molecule has 1 aromatic rings. The number of esters is 1. The molecule has 1 saturated heterocycles. The maximum atomic E-state index is 13.2. The molecule has 4 fully saturated rings. The molecule has 0 N–H and O–H groups in total. The van der Waals surface area contributed by atoms with Gasteiger partial charge in [-0.1, -0.05) is 33.3 Å². The van der Waals surface area contributed by atoms with Gasteiger partial charge in [0.15, 0.2) is 5.75 Å². The van der Waals surface area contributed by atoms with E-state index < -0.39 is 35.7 Å². The van der Waals surface area contributed by atoms with Gasteiger partial charge < -0.3 is 28.3 Å². The second kappa shape index (κ2) is 11.1. The molecule has 10 heteroatoms. The van der Waals surface area contributed by atoms with Crippen LogP contribution in [0.1, 0.15) is 90.1 Å². The molecule has 1 unspecified atom stereocenters. The summed E-state index contributed by atoms with van der Waals surface area (Å²) in [7, 11) is 0.794. The molecule has 3 saturated carbocycles. The predicted molar refractivity (Wildman–Crippen MR) is 149 cm³/mol. The molecular formula is C29H42BClO8. The molecule has 39 heavy (non-hydrogen) atoms. The van der Waals surface area contributed by atoms with Crippen LogP contribution < -0.4 is 9.47 Å². The molecular weight excluding hydrogens is 523 g/mol. The number of rotatable bonds is 9. The normalized spacial score (nSPS) is 27.7. The lowest BCUT2D eigenvalue weighted by Gasteiger charge is -2.64. The first-order valence-electron chi connectivity index (χ1n) is 14.0. The fraction of sp³-hybridized carbons (Fsp3) is 0.724. The highest BCUT2D eigenvalue weighted by Crippen LogP contribution is 2.65. The quantitative estimate of drug-likeness (QED) is 0.112. The lowest BCUT2D eigenvalue weighted by molar-refractivity contribution is -0.199. The summed E-state index contributed by atoms with van der Waals surface area (Å²) < 4.78 is 34.9. The summed E-state index contributed by atoms with van der Waals surface area (Å²) in [5.74, 6) is 0.591. The number of carbonyl (C=O) groups is 2. The number of halogens is 1. The van der Waals surface area contributed by atoms with E-state index in [0.29, 0.717) is 23.8 Å². The fourth-order valence-corrected chi connectivity index (χ4v) is 6.62. The van der Waals surface area contributed by atoms with E-state index >= 15 is 0 Å². The molecule has 0 spiro atoms. The Bertz CT molecular complexity index is 1090. The van der Waals surface area contributed by atoms with Crippen molar-refractivity contribution >= 4 is 30.8 Å². The van der Waals surface area contributed by atoms with Crippen molar-refractivity contribution in [3.63, 3.8) is 0 Å². The first-order valence-corrected chi connectivity index (χ1v) is 14.4. The van der Waals surface area contributed by atoms with Crippen molar-refractivity contribution in [2.24, 2.45) is 17.3 Å². The Hall–Kier alpha value is -1.97. The summed E-state index contributed by atoms with van der Waals surface area (Å²) >= 11 is 6.93. The standard InChI is InChI=1S/C29H42BClO8/c1-9-10-13-35-25(32)23-19(34-8)12-11-17(24(23)36-26(33)37-27(2,3)4)14-22(31)30-38-21-16-18-15-20(28(18,5)6)29(21,7)39-30/h11-12,18,20-22H,9-10,13-16H2,1-8H3/t18-,20-,21?,22+,29-/m0/s1. The second-order valence-corrected chi connectivity index (χ2v) is 13.3. The highest BCUT2D eigenvalue weighted by molar-refractivity contribution is 6.60. The van der Waals surface area contributed by atoms with Crippen molar-refractivity contribution < 1.29 is 37.8 Å². The molecule has 0 amide bonds. The van der Waals surface area contributed by atoms with E-state index in [1.54, 1.807) is 32.9 Å². The monoisotopic (exact) mass is 564 g/mol. The van der Waals surface area contributed by atoms with Crippen molar-refractivity contribution in [2.75, 3.05) is 13.7 Å². The van der Waals surface area contributed by atoms with Crippen LogP contribution in [-0.4, -0.2) is 55.5 Å². The van der Waals surface area contributed by atoms with Gasteiger partial charge in [0.05, 0.1) is 30.7 Å². The van der Waals surface area contributed by atoms with Gasteiger partial charge in [0.1, 0.15) is 16.9 Å². The third kappa shape index (κ3) is 5.91. The van der Waals surface area contributed by atoms with Crippen LogP contribution >= 0.6 is 11.6 Å². The Morgan fingerprint density at radius 1 is 1.21 bits per heavy atom. The van der Waals surface area contributed by atoms with E-state index in [-0.39, 0.29) is 41.6 Å². The van der Waals surface area contributed by atoms with Gasteiger partial charge in [-0.15, -0.1) is 11.6 Å². The molecule has 216 valence electrons. The summed E-state index contributed by atoms with van der Waals surface area (Å²) in [6, 6.07) is 3.37. The number of ether oxygens (including phenoxy) is 4. The number of methoxy groups -OCH3 is 1. The molecule has 1 aromatic carbocycles. The molecule has 1 aliphatic heterocycles. The van der Waals surface area contributed by atoms with Gasteiger partial charge in [0.2, 0.25) is 0 Å². The third-order valence-corrected chi connectivity index (χ3v) is 8.97. The van der Waals surface area contributed by atoms with Crippen LogP contribution in [0, 0.1) is 17.3 Å².